The molecule has 2 rings (SSSR count). The number of hydrogen-bond acceptors (Lipinski definition) is 4. The third-order valence-electron chi connectivity index (χ3n) is 3.16. The number of aryl methyl sites for hydroxylation is 1. The van der Waals surface area contributed by atoms with Gasteiger partial charge in [0.15, 0.2) is 0 Å². The van der Waals surface area contributed by atoms with E-state index in [-0.39, 0.29) is 6.10 Å². The lowest BCUT2D eigenvalue weighted by atomic mass is 10.2. The summed E-state index contributed by atoms with van der Waals surface area (Å²) in [4.78, 5) is 6.69. The van der Waals surface area contributed by atoms with Crippen molar-refractivity contribution in [2.75, 3.05) is 17.2 Å². The molecule has 1 aromatic carbocycles. The minimum atomic E-state index is 0.0458. The summed E-state index contributed by atoms with van der Waals surface area (Å²) in [5.74, 6) is 1.33. The minimum Gasteiger partial charge on any atom is -0.473 e. The van der Waals surface area contributed by atoms with Crippen LogP contribution in [0.1, 0.15) is 26.3 Å². The van der Waals surface area contributed by atoms with Crippen LogP contribution in [-0.4, -0.2) is 17.6 Å². The minimum absolute atomic E-state index is 0.0458. The fourth-order valence-corrected chi connectivity index (χ4v) is 2.11. The molecule has 0 aliphatic carbocycles. The van der Waals surface area contributed by atoms with Gasteiger partial charge in [-0.1, -0.05) is 17.7 Å². The number of nitrogen functional groups attached to an aromatic ring is 1. The first kappa shape index (κ1) is 15.2. The van der Waals surface area contributed by atoms with Gasteiger partial charge in [-0.2, -0.15) is 4.98 Å². The molecule has 0 saturated carbocycles. The second-order valence-electron chi connectivity index (χ2n) is 5.31. The molecule has 0 aliphatic rings. The summed E-state index contributed by atoms with van der Waals surface area (Å²) in [7, 11) is 0. The Morgan fingerprint density at radius 1 is 1.14 bits per heavy atom. The summed E-state index contributed by atoms with van der Waals surface area (Å²) in [6.45, 7) is 8.93. The SMILES string of the molecule is CCN(c1ccc(C)cc1)c1ccc(N)c(OC(C)C)n1. The van der Waals surface area contributed by atoms with Gasteiger partial charge in [0, 0.05) is 12.2 Å². The van der Waals surface area contributed by atoms with Crippen LogP contribution >= 0.6 is 0 Å². The van der Waals surface area contributed by atoms with E-state index in [0.717, 1.165) is 18.1 Å². The highest BCUT2D eigenvalue weighted by Gasteiger charge is 2.12. The van der Waals surface area contributed by atoms with Crippen LogP contribution in [0.25, 0.3) is 0 Å². The molecule has 0 radical (unpaired) electrons. The van der Waals surface area contributed by atoms with Crippen LogP contribution in [0.2, 0.25) is 0 Å². The Morgan fingerprint density at radius 2 is 1.81 bits per heavy atom. The van der Waals surface area contributed by atoms with Crippen molar-refractivity contribution in [3.05, 3.63) is 42.0 Å². The maximum Gasteiger partial charge on any atom is 0.239 e. The van der Waals surface area contributed by atoms with E-state index < -0.39 is 0 Å². The number of nitrogens with zero attached hydrogens (tertiary/aromatic N) is 2. The zero-order valence-electron chi connectivity index (χ0n) is 13.1. The summed E-state index contributed by atoms with van der Waals surface area (Å²) in [5, 5.41) is 0. The smallest absolute Gasteiger partial charge is 0.239 e. The number of anilines is 3. The average Bonchev–Trinajstić information content (AvgIpc) is 2.44. The summed E-state index contributed by atoms with van der Waals surface area (Å²) >= 11 is 0. The van der Waals surface area contributed by atoms with Gasteiger partial charge in [-0.3, -0.25) is 0 Å². The number of pyridine rings is 1. The molecule has 0 bridgehead atoms. The molecule has 0 aliphatic heterocycles. The van der Waals surface area contributed by atoms with E-state index in [1.54, 1.807) is 0 Å². The Bertz CT molecular complexity index is 593. The highest BCUT2D eigenvalue weighted by Crippen LogP contribution is 2.28. The highest BCUT2D eigenvalue weighted by molar-refractivity contribution is 5.63. The predicted molar refractivity (Wildman–Crippen MR) is 88.3 cm³/mol. The monoisotopic (exact) mass is 285 g/mol. The first-order chi connectivity index (χ1) is 10.0. The molecule has 21 heavy (non-hydrogen) atoms. The van der Waals surface area contributed by atoms with Crippen LogP contribution < -0.4 is 15.4 Å². The van der Waals surface area contributed by atoms with Crippen LogP contribution in [0.4, 0.5) is 17.2 Å². The molecule has 4 heteroatoms. The Labute approximate surface area is 126 Å². The quantitative estimate of drug-likeness (QED) is 0.904. The Balaban J connectivity index is 2.36. The number of hydrogen-bond donors (Lipinski definition) is 1. The molecule has 2 N–H and O–H groups in total. The normalized spacial score (nSPS) is 10.7. The van der Waals surface area contributed by atoms with Crippen LogP contribution in [0.15, 0.2) is 36.4 Å². The van der Waals surface area contributed by atoms with Gasteiger partial charge in [-0.15, -0.1) is 0 Å². The molecule has 0 saturated heterocycles. The number of nitrogens with two attached hydrogens (primary N) is 1. The molecule has 0 atom stereocenters. The second kappa shape index (κ2) is 6.48. The molecule has 112 valence electrons. The number of ether oxygens (including phenoxy) is 1. The molecular weight excluding hydrogens is 262 g/mol. The van der Waals surface area contributed by atoms with Crippen molar-refractivity contribution in [3.63, 3.8) is 0 Å². The van der Waals surface area contributed by atoms with E-state index in [1.165, 1.54) is 5.56 Å². The van der Waals surface area contributed by atoms with Crippen LogP contribution in [0.3, 0.4) is 0 Å². The van der Waals surface area contributed by atoms with Gasteiger partial charge in [-0.05, 0) is 52.0 Å². The van der Waals surface area contributed by atoms with Crippen molar-refractivity contribution in [2.24, 2.45) is 0 Å². The topological polar surface area (TPSA) is 51.4 Å². The molecule has 1 heterocycles. The molecule has 2 aromatic rings. The van der Waals surface area contributed by atoms with Crippen molar-refractivity contribution in [1.29, 1.82) is 0 Å². The summed E-state index contributed by atoms with van der Waals surface area (Å²) in [6.07, 6.45) is 0.0458. The second-order valence-corrected chi connectivity index (χ2v) is 5.31. The maximum atomic E-state index is 5.93. The van der Waals surface area contributed by atoms with E-state index in [1.807, 2.05) is 26.0 Å². The lowest BCUT2D eigenvalue weighted by Crippen LogP contribution is -2.18. The Morgan fingerprint density at radius 3 is 2.38 bits per heavy atom. The molecule has 0 unspecified atom stereocenters. The molecule has 0 spiro atoms. The lowest BCUT2D eigenvalue weighted by molar-refractivity contribution is 0.234. The Kier molecular flexibility index (Phi) is 4.68. The number of aromatic nitrogens is 1. The first-order valence-corrected chi connectivity index (χ1v) is 7.28. The van der Waals surface area contributed by atoms with Gasteiger partial charge < -0.3 is 15.4 Å². The summed E-state index contributed by atoms with van der Waals surface area (Å²) in [6, 6.07) is 12.2. The standard InChI is InChI=1S/C17H23N3O/c1-5-20(14-8-6-13(4)7-9-14)16-11-10-15(18)17(19-16)21-12(2)3/h6-12H,5,18H2,1-4H3. The van der Waals surface area contributed by atoms with Gasteiger partial charge in [0.2, 0.25) is 5.88 Å². The third kappa shape index (κ3) is 3.66. The predicted octanol–water partition coefficient (Wildman–Crippen LogP) is 3.92. The van der Waals surface area contributed by atoms with Crippen molar-refractivity contribution in [3.8, 4) is 5.88 Å². The van der Waals surface area contributed by atoms with Gasteiger partial charge in [0.25, 0.3) is 0 Å². The fourth-order valence-electron chi connectivity index (χ4n) is 2.11. The summed E-state index contributed by atoms with van der Waals surface area (Å²) < 4.78 is 5.67. The van der Waals surface area contributed by atoms with Gasteiger partial charge >= 0.3 is 0 Å². The summed E-state index contributed by atoms with van der Waals surface area (Å²) in [5.41, 5.74) is 8.84. The molecule has 4 nitrogen and oxygen atoms in total. The molecule has 1 aromatic heterocycles. The van der Waals surface area contributed by atoms with Crippen LogP contribution in [0, 0.1) is 6.92 Å². The van der Waals surface area contributed by atoms with Crippen LogP contribution in [-0.2, 0) is 0 Å². The van der Waals surface area contributed by atoms with Crippen molar-refractivity contribution < 1.29 is 4.74 Å². The zero-order chi connectivity index (χ0) is 15.4. The van der Waals surface area contributed by atoms with Gasteiger partial charge in [0.1, 0.15) is 5.82 Å². The fraction of sp³-hybridized carbons (Fsp3) is 0.353. The molecular formula is C17H23N3O. The zero-order valence-corrected chi connectivity index (χ0v) is 13.1. The number of benzene rings is 1. The molecule has 0 amide bonds. The van der Waals surface area contributed by atoms with Crippen molar-refractivity contribution in [1.82, 2.24) is 4.98 Å². The largest absolute Gasteiger partial charge is 0.473 e. The average molecular weight is 285 g/mol. The van der Waals surface area contributed by atoms with Gasteiger partial charge in [-0.25, -0.2) is 0 Å². The van der Waals surface area contributed by atoms with E-state index in [0.29, 0.717) is 11.6 Å². The van der Waals surface area contributed by atoms with E-state index in [2.05, 4.69) is 48.0 Å². The van der Waals surface area contributed by atoms with Crippen molar-refractivity contribution in [2.45, 2.75) is 33.8 Å². The van der Waals surface area contributed by atoms with Crippen LogP contribution in [0.5, 0.6) is 5.88 Å². The first-order valence-electron chi connectivity index (χ1n) is 7.28. The van der Waals surface area contributed by atoms with E-state index in [4.69, 9.17) is 10.5 Å². The van der Waals surface area contributed by atoms with Crippen molar-refractivity contribution >= 4 is 17.2 Å². The van der Waals surface area contributed by atoms with E-state index >= 15 is 0 Å². The lowest BCUT2D eigenvalue weighted by Gasteiger charge is -2.23. The third-order valence-corrected chi connectivity index (χ3v) is 3.16. The Hall–Kier alpha value is -2.23. The maximum absolute atomic E-state index is 5.93. The van der Waals surface area contributed by atoms with E-state index in [9.17, 15) is 0 Å². The number of rotatable bonds is 5. The molecule has 0 fully saturated rings. The van der Waals surface area contributed by atoms with Gasteiger partial charge in [0.05, 0.1) is 11.8 Å². The highest BCUT2D eigenvalue weighted by atomic mass is 16.5.